The Morgan fingerprint density at radius 2 is 2.60 bits per heavy atom. The second kappa shape index (κ2) is 5.26. The lowest BCUT2D eigenvalue weighted by atomic mass is 10.1. The van der Waals surface area contributed by atoms with Gasteiger partial charge in [-0.15, -0.1) is 11.3 Å². The van der Waals surface area contributed by atoms with Gasteiger partial charge in [0.15, 0.2) is 0 Å². The van der Waals surface area contributed by atoms with Gasteiger partial charge in [-0.3, -0.25) is 0 Å². The smallest absolute Gasteiger partial charge is 0.100 e. The van der Waals surface area contributed by atoms with Gasteiger partial charge in [0.25, 0.3) is 0 Å². The SMILES string of the molecule is N#Cc1csc(CNC2CCCOC2)c1. The van der Waals surface area contributed by atoms with Crippen molar-refractivity contribution in [1.29, 1.82) is 5.26 Å². The van der Waals surface area contributed by atoms with Crippen LogP contribution in [0.15, 0.2) is 11.4 Å². The van der Waals surface area contributed by atoms with E-state index in [9.17, 15) is 0 Å². The summed E-state index contributed by atoms with van der Waals surface area (Å²) < 4.78 is 5.39. The highest BCUT2D eigenvalue weighted by atomic mass is 32.1. The van der Waals surface area contributed by atoms with Crippen LogP contribution >= 0.6 is 11.3 Å². The van der Waals surface area contributed by atoms with Gasteiger partial charge in [0.1, 0.15) is 6.07 Å². The lowest BCUT2D eigenvalue weighted by Gasteiger charge is -2.22. The number of nitrogens with zero attached hydrogens (tertiary/aromatic N) is 1. The largest absolute Gasteiger partial charge is 0.380 e. The molecule has 0 aliphatic carbocycles. The maximum Gasteiger partial charge on any atom is 0.100 e. The van der Waals surface area contributed by atoms with Crippen molar-refractivity contribution in [2.75, 3.05) is 13.2 Å². The predicted molar refractivity (Wildman–Crippen MR) is 59.7 cm³/mol. The molecule has 1 N–H and O–H groups in total. The van der Waals surface area contributed by atoms with E-state index in [2.05, 4.69) is 11.4 Å². The van der Waals surface area contributed by atoms with Crippen LogP contribution in [0.5, 0.6) is 0 Å². The summed E-state index contributed by atoms with van der Waals surface area (Å²) in [4.78, 5) is 1.22. The molecule has 0 bridgehead atoms. The average Bonchev–Trinajstić information content (AvgIpc) is 2.76. The van der Waals surface area contributed by atoms with Crippen molar-refractivity contribution in [2.24, 2.45) is 0 Å². The van der Waals surface area contributed by atoms with E-state index in [1.807, 2.05) is 11.4 Å². The minimum Gasteiger partial charge on any atom is -0.380 e. The molecule has 1 aliphatic rings. The van der Waals surface area contributed by atoms with Crippen molar-refractivity contribution < 1.29 is 4.74 Å². The highest BCUT2D eigenvalue weighted by Gasteiger charge is 2.12. The van der Waals surface area contributed by atoms with Crippen LogP contribution in [0.3, 0.4) is 0 Å². The molecule has 4 heteroatoms. The van der Waals surface area contributed by atoms with Gasteiger partial charge in [0.05, 0.1) is 12.2 Å². The molecule has 1 aromatic rings. The average molecular weight is 222 g/mol. The third kappa shape index (κ3) is 3.03. The minimum absolute atomic E-state index is 0.478. The Morgan fingerprint density at radius 3 is 3.27 bits per heavy atom. The fourth-order valence-electron chi connectivity index (χ4n) is 1.68. The van der Waals surface area contributed by atoms with Crippen LogP contribution in [0.25, 0.3) is 0 Å². The molecule has 0 aromatic carbocycles. The van der Waals surface area contributed by atoms with Gasteiger partial charge in [-0.1, -0.05) is 0 Å². The summed E-state index contributed by atoms with van der Waals surface area (Å²) in [6.07, 6.45) is 2.34. The van der Waals surface area contributed by atoms with Gasteiger partial charge in [-0.25, -0.2) is 0 Å². The molecular weight excluding hydrogens is 208 g/mol. The Labute approximate surface area is 93.7 Å². The zero-order valence-corrected chi connectivity index (χ0v) is 9.35. The molecular formula is C11H14N2OS. The van der Waals surface area contributed by atoms with Crippen LogP contribution < -0.4 is 5.32 Å². The summed E-state index contributed by atoms with van der Waals surface area (Å²) in [5, 5.41) is 14.0. The van der Waals surface area contributed by atoms with Gasteiger partial charge in [-0.2, -0.15) is 5.26 Å². The highest BCUT2D eigenvalue weighted by molar-refractivity contribution is 7.10. The molecule has 1 unspecified atom stereocenters. The lowest BCUT2D eigenvalue weighted by molar-refractivity contribution is 0.0700. The lowest BCUT2D eigenvalue weighted by Crippen LogP contribution is -2.36. The van der Waals surface area contributed by atoms with Crippen LogP contribution in [0.2, 0.25) is 0 Å². The van der Waals surface area contributed by atoms with Crippen LogP contribution in [-0.2, 0) is 11.3 Å². The van der Waals surface area contributed by atoms with E-state index in [-0.39, 0.29) is 0 Å². The van der Waals surface area contributed by atoms with E-state index in [0.29, 0.717) is 6.04 Å². The van der Waals surface area contributed by atoms with E-state index in [1.165, 1.54) is 11.3 Å². The maximum absolute atomic E-state index is 8.68. The van der Waals surface area contributed by atoms with Gasteiger partial charge < -0.3 is 10.1 Å². The number of nitriles is 1. The zero-order valence-electron chi connectivity index (χ0n) is 8.53. The van der Waals surface area contributed by atoms with Crippen LogP contribution in [0, 0.1) is 11.3 Å². The fourth-order valence-corrected chi connectivity index (χ4v) is 2.44. The number of hydrogen-bond donors (Lipinski definition) is 1. The molecule has 1 aliphatic heterocycles. The highest BCUT2D eigenvalue weighted by Crippen LogP contribution is 2.14. The summed E-state index contributed by atoms with van der Waals surface area (Å²) >= 11 is 1.64. The monoisotopic (exact) mass is 222 g/mol. The Hall–Kier alpha value is -0.890. The zero-order chi connectivity index (χ0) is 10.5. The molecule has 1 aromatic heterocycles. The Morgan fingerprint density at radius 1 is 1.67 bits per heavy atom. The molecule has 2 rings (SSSR count). The first-order valence-corrected chi connectivity index (χ1v) is 6.05. The topological polar surface area (TPSA) is 45.0 Å². The third-order valence-corrected chi connectivity index (χ3v) is 3.44. The van der Waals surface area contributed by atoms with E-state index in [1.54, 1.807) is 11.3 Å². The molecule has 15 heavy (non-hydrogen) atoms. The third-order valence-electron chi connectivity index (χ3n) is 2.51. The first-order chi connectivity index (χ1) is 7.38. The summed E-state index contributed by atoms with van der Waals surface area (Å²) in [5.41, 5.74) is 0.761. The van der Waals surface area contributed by atoms with Gasteiger partial charge >= 0.3 is 0 Å². The molecule has 2 heterocycles. The summed E-state index contributed by atoms with van der Waals surface area (Å²) in [5.74, 6) is 0. The molecule has 1 saturated heterocycles. The van der Waals surface area contributed by atoms with E-state index in [0.717, 1.165) is 31.7 Å². The number of nitrogens with one attached hydrogen (secondary N) is 1. The van der Waals surface area contributed by atoms with Crippen molar-refractivity contribution in [3.8, 4) is 6.07 Å². The second-order valence-corrected chi connectivity index (χ2v) is 4.70. The fraction of sp³-hybridized carbons (Fsp3) is 0.545. The normalized spacial score (nSPS) is 21.1. The number of rotatable bonds is 3. The first kappa shape index (κ1) is 10.6. The first-order valence-electron chi connectivity index (χ1n) is 5.17. The van der Waals surface area contributed by atoms with Gasteiger partial charge in [0.2, 0.25) is 0 Å². The van der Waals surface area contributed by atoms with Crippen LogP contribution in [0.1, 0.15) is 23.3 Å². The van der Waals surface area contributed by atoms with Gasteiger partial charge in [-0.05, 0) is 18.9 Å². The molecule has 80 valence electrons. The second-order valence-electron chi connectivity index (χ2n) is 3.71. The standard InChI is InChI=1S/C11H14N2OS/c12-5-9-4-11(15-8-9)6-13-10-2-1-3-14-7-10/h4,8,10,13H,1-3,6-7H2. The molecule has 0 radical (unpaired) electrons. The van der Waals surface area contributed by atoms with E-state index >= 15 is 0 Å². The minimum atomic E-state index is 0.478. The van der Waals surface area contributed by atoms with E-state index in [4.69, 9.17) is 10.00 Å². The summed E-state index contributed by atoms with van der Waals surface area (Å²) in [6, 6.07) is 4.57. The van der Waals surface area contributed by atoms with Crippen LogP contribution in [0.4, 0.5) is 0 Å². The van der Waals surface area contributed by atoms with E-state index < -0.39 is 0 Å². The molecule has 1 fully saturated rings. The van der Waals surface area contributed by atoms with Crippen molar-refractivity contribution in [2.45, 2.75) is 25.4 Å². The molecule has 3 nitrogen and oxygen atoms in total. The van der Waals surface area contributed by atoms with Gasteiger partial charge in [0, 0.05) is 29.5 Å². The molecule has 0 saturated carbocycles. The van der Waals surface area contributed by atoms with Crippen LogP contribution in [-0.4, -0.2) is 19.3 Å². The number of hydrogen-bond acceptors (Lipinski definition) is 4. The Bertz CT molecular complexity index is 350. The van der Waals surface area contributed by atoms with Crippen molar-refractivity contribution in [1.82, 2.24) is 5.32 Å². The quantitative estimate of drug-likeness (QED) is 0.849. The summed E-state index contributed by atoms with van der Waals surface area (Å²) in [7, 11) is 0. The molecule has 0 spiro atoms. The van der Waals surface area contributed by atoms with Crippen molar-refractivity contribution in [3.05, 3.63) is 21.9 Å². The number of thiophene rings is 1. The Kier molecular flexibility index (Phi) is 3.73. The molecule has 0 amide bonds. The Balaban J connectivity index is 1.79. The van der Waals surface area contributed by atoms with Crippen molar-refractivity contribution >= 4 is 11.3 Å². The molecule has 1 atom stereocenters. The summed E-state index contributed by atoms with van der Waals surface area (Å²) in [6.45, 7) is 2.56. The number of ether oxygens (including phenoxy) is 1. The maximum atomic E-state index is 8.68. The predicted octanol–water partition coefficient (Wildman–Crippen LogP) is 1.89. The van der Waals surface area contributed by atoms with Crippen molar-refractivity contribution in [3.63, 3.8) is 0 Å².